The lowest BCUT2D eigenvalue weighted by atomic mass is 9.89. The van der Waals surface area contributed by atoms with E-state index in [2.05, 4.69) is 49.0 Å². The van der Waals surface area contributed by atoms with E-state index in [0.29, 0.717) is 71.2 Å². The third-order valence-electron chi connectivity index (χ3n) is 11.5. The second-order valence-electron chi connectivity index (χ2n) is 19.3. The Labute approximate surface area is 426 Å². The van der Waals surface area contributed by atoms with Gasteiger partial charge in [0.05, 0.1) is 0 Å². The van der Waals surface area contributed by atoms with Crippen molar-refractivity contribution in [1.82, 2.24) is 21.3 Å². The Hall–Kier alpha value is -2.14. The highest BCUT2D eigenvalue weighted by atomic mass is 16.1. The van der Waals surface area contributed by atoms with Gasteiger partial charge in [-0.25, -0.2) is 0 Å². The van der Waals surface area contributed by atoms with Gasteiger partial charge in [0, 0.05) is 47.3 Å². The van der Waals surface area contributed by atoms with Gasteiger partial charge in [-0.05, 0) is 159 Å². The van der Waals surface area contributed by atoms with E-state index in [0.717, 1.165) is 77.5 Å². The number of nitrogens with one attached hydrogen (secondary N) is 4. The Balaban J connectivity index is -0.000000105. The van der Waals surface area contributed by atoms with E-state index in [4.69, 9.17) is 0 Å². The third-order valence-corrected chi connectivity index (χ3v) is 11.5. The number of hydrogen-bond donors (Lipinski definition) is 4. The predicted molar refractivity (Wildman–Crippen MR) is 301 cm³/mol. The minimum absolute atomic E-state index is 0.130. The zero-order chi connectivity index (χ0) is 55.2. The lowest BCUT2D eigenvalue weighted by Gasteiger charge is -2.13. The van der Waals surface area contributed by atoms with Crippen molar-refractivity contribution in [2.45, 2.75) is 254 Å². The first-order chi connectivity index (χ1) is 31.8. The maximum absolute atomic E-state index is 11.0. The summed E-state index contributed by atoms with van der Waals surface area (Å²) in [5, 5.41) is 12.4. The van der Waals surface area contributed by atoms with Crippen molar-refractivity contribution in [2.75, 3.05) is 54.4 Å². The van der Waals surface area contributed by atoms with Gasteiger partial charge >= 0.3 is 0 Å². The average molecular weight is 974 g/mol. The molecule has 0 aliphatic carbocycles. The number of hydrogen-bond acceptors (Lipinski definition) is 10. The van der Waals surface area contributed by atoms with Gasteiger partial charge in [0.1, 0.15) is 34.7 Å². The fourth-order valence-electron chi connectivity index (χ4n) is 6.61. The van der Waals surface area contributed by atoms with Gasteiger partial charge in [0.15, 0.2) is 0 Å². The molecule has 4 atom stereocenters. The van der Waals surface area contributed by atoms with Gasteiger partial charge in [-0.2, -0.15) is 0 Å². The van der Waals surface area contributed by atoms with Crippen molar-refractivity contribution in [3.63, 3.8) is 0 Å². The lowest BCUT2D eigenvalue weighted by molar-refractivity contribution is -0.126. The molecule has 0 amide bonds. The normalized spacial score (nSPS) is 12.0. The molecule has 0 unspecified atom stereocenters. The first-order valence-corrected chi connectivity index (χ1v) is 27.5. The molecule has 0 aromatic carbocycles. The molecule has 4 N–H and O–H groups in total. The molecule has 0 aliphatic rings. The van der Waals surface area contributed by atoms with Gasteiger partial charge in [0.2, 0.25) is 0 Å². The number of Topliss-reactive ketones (excluding diaryl/α,β-unsaturated/α-hetero) is 6. The monoisotopic (exact) mass is 973 g/mol. The van der Waals surface area contributed by atoms with Crippen LogP contribution in [0.2, 0.25) is 0 Å². The van der Waals surface area contributed by atoms with Crippen LogP contribution in [0.1, 0.15) is 254 Å². The second kappa shape index (κ2) is 61.0. The van der Waals surface area contributed by atoms with Crippen LogP contribution in [0.5, 0.6) is 0 Å². The number of carbonyl (C=O) groups is 6. The van der Waals surface area contributed by atoms with E-state index in [1.807, 2.05) is 111 Å². The van der Waals surface area contributed by atoms with E-state index in [9.17, 15) is 28.8 Å². The molecule has 0 aliphatic heterocycles. The maximum Gasteiger partial charge on any atom is 0.137 e. The molecule has 0 heterocycles. The molecule has 0 saturated carbocycles. The van der Waals surface area contributed by atoms with Crippen molar-refractivity contribution in [3.05, 3.63) is 0 Å². The molecule has 0 radical (unpaired) electrons. The van der Waals surface area contributed by atoms with Crippen LogP contribution in [0.15, 0.2) is 0 Å². The van der Waals surface area contributed by atoms with E-state index >= 15 is 0 Å². The van der Waals surface area contributed by atoms with Crippen molar-refractivity contribution < 1.29 is 28.8 Å². The zero-order valence-electron chi connectivity index (χ0n) is 50.3. The van der Waals surface area contributed by atoms with Crippen molar-refractivity contribution >= 4 is 34.7 Å². The molecular weight excluding hydrogens is 849 g/mol. The number of rotatable bonds is 30. The van der Waals surface area contributed by atoms with Crippen LogP contribution < -0.4 is 21.3 Å². The molecule has 0 bridgehead atoms. The number of ketones is 6. The Bertz CT molecular complexity index is 967. The summed E-state index contributed by atoms with van der Waals surface area (Å²) in [4.78, 5) is 65.8. The zero-order valence-corrected chi connectivity index (χ0v) is 50.3. The smallest absolute Gasteiger partial charge is 0.137 e. The fraction of sp³-hybridized carbons (Fsp3) is 0.897. The van der Waals surface area contributed by atoms with Crippen molar-refractivity contribution in [2.24, 2.45) is 34.5 Å². The standard InChI is InChI=1S/4C10H21NO.2C7H14O.2C2H6/c4*1-4-10(9(2)12)7-5-6-8-11-3;2*1-5-6(8)7(2,3)4;2*1-2/h4*10-11H,4-8H2,1-3H3;2*5H2,1-4H3;2*1-2H3/t4*10-;;;;/m0000..../s1. The van der Waals surface area contributed by atoms with Crippen molar-refractivity contribution in [3.8, 4) is 0 Å². The molecule has 0 aromatic heterocycles. The van der Waals surface area contributed by atoms with Gasteiger partial charge in [-0.3, -0.25) is 28.8 Å². The van der Waals surface area contributed by atoms with Gasteiger partial charge in [0.25, 0.3) is 0 Å². The summed E-state index contributed by atoms with van der Waals surface area (Å²) in [6.07, 6.45) is 18.9. The summed E-state index contributed by atoms with van der Waals surface area (Å²) in [6.45, 7) is 42.9. The van der Waals surface area contributed by atoms with Crippen LogP contribution in [-0.2, 0) is 28.8 Å². The first kappa shape index (κ1) is 82.8. The SMILES string of the molecule is CC.CC.CCC(=O)C(C)(C)C.CCC(=O)C(C)(C)C.CC[C@@H](CCCCNC)C(C)=O.CC[C@@H](CCCCNC)C(C)=O.CC[C@@H](CCCCNC)C(C)=O.CC[C@@H](CCCCNC)C(C)=O. The second-order valence-corrected chi connectivity index (χ2v) is 19.3. The number of carbonyl (C=O) groups excluding carboxylic acids is 6. The summed E-state index contributed by atoms with van der Waals surface area (Å²) >= 11 is 0. The van der Waals surface area contributed by atoms with Crippen LogP contribution >= 0.6 is 0 Å². The quantitative estimate of drug-likeness (QED) is 0.0512. The van der Waals surface area contributed by atoms with Crippen LogP contribution in [0.3, 0.4) is 0 Å². The number of unbranched alkanes of at least 4 members (excludes halogenated alkanes) is 4. The van der Waals surface area contributed by atoms with Crippen LogP contribution in [0.4, 0.5) is 0 Å². The predicted octanol–water partition coefficient (Wildman–Crippen LogP) is 14.0. The molecule has 0 aromatic rings. The van der Waals surface area contributed by atoms with Gasteiger partial charge in [-0.1, -0.05) is 136 Å². The maximum atomic E-state index is 11.0. The average Bonchev–Trinajstić information content (AvgIpc) is 3.29. The summed E-state index contributed by atoms with van der Waals surface area (Å²) in [7, 11) is 7.84. The highest BCUT2D eigenvalue weighted by molar-refractivity contribution is 5.83. The molecule has 10 heteroatoms. The summed E-state index contributed by atoms with van der Waals surface area (Å²) in [5.74, 6) is 3.29. The molecule has 0 spiro atoms. The molecule has 0 saturated heterocycles. The van der Waals surface area contributed by atoms with E-state index in [-0.39, 0.29) is 10.8 Å². The van der Waals surface area contributed by atoms with E-state index in [1.165, 1.54) is 51.4 Å². The molecular formula is C58H124N4O6. The Kier molecular flexibility index (Phi) is 74.2. The highest BCUT2D eigenvalue weighted by Crippen LogP contribution is 2.17. The van der Waals surface area contributed by atoms with E-state index < -0.39 is 0 Å². The summed E-state index contributed by atoms with van der Waals surface area (Å²) < 4.78 is 0. The first-order valence-electron chi connectivity index (χ1n) is 27.5. The minimum Gasteiger partial charge on any atom is -0.320 e. The molecule has 0 fully saturated rings. The Morgan fingerprint density at radius 3 is 0.574 bits per heavy atom. The van der Waals surface area contributed by atoms with Crippen molar-refractivity contribution in [1.29, 1.82) is 0 Å². The molecule has 68 heavy (non-hydrogen) atoms. The molecule has 412 valence electrons. The molecule has 0 rings (SSSR count). The largest absolute Gasteiger partial charge is 0.320 e. The van der Waals surface area contributed by atoms with Gasteiger partial charge in [-0.15, -0.1) is 0 Å². The topological polar surface area (TPSA) is 151 Å². The lowest BCUT2D eigenvalue weighted by Crippen LogP contribution is -2.18. The minimum atomic E-state index is -0.130. The summed E-state index contributed by atoms with van der Waals surface area (Å²) in [5.41, 5.74) is -0.260. The summed E-state index contributed by atoms with van der Waals surface area (Å²) in [6, 6.07) is 0. The van der Waals surface area contributed by atoms with Crippen LogP contribution in [-0.4, -0.2) is 89.1 Å². The Morgan fingerprint density at radius 2 is 0.500 bits per heavy atom. The Morgan fingerprint density at radius 1 is 0.338 bits per heavy atom. The van der Waals surface area contributed by atoms with E-state index in [1.54, 1.807) is 27.7 Å². The van der Waals surface area contributed by atoms with Crippen LogP contribution in [0, 0.1) is 34.5 Å². The molecule has 10 nitrogen and oxygen atoms in total. The van der Waals surface area contributed by atoms with Crippen LogP contribution in [0.25, 0.3) is 0 Å². The van der Waals surface area contributed by atoms with Gasteiger partial charge < -0.3 is 21.3 Å². The fourth-order valence-corrected chi connectivity index (χ4v) is 6.61. The third kappa shape index (κ3) is 65.9. The highest BCUT2D eigenvalue weighted by Gasteiger charge is 2.19.